The van der Waals surface area contributed by atoms with Gasteiger partial charge in [0.2, 0.25) is 5.69 Å². The lowest BCUT2D eigenvalue weighted by Crippen LogP contribution is -2.11. The summed E-state index contributed by atoms with van der Waals surface area (Å²) in [7, 11) is 0. The molecule has 1 heterocycles. The summed E-state index contributed by atoms with van der Waals surface area (Å²) in [4.78, 5) is 21.5. The fourth-order valence-corrected chi connectivity index (χ4v) is 2.14. The molecule has 0 radical (unpaired) electrons. The molecular weight excluding hydrogens is 305 g/mol. The zero-order valence-electron chi connectivity index (χ0n) is 13.4. The second kappa shape index (κ2) is 7.84. The van der Waals surface area contributed by atoms with Crippen molar-refractivity contribution >= 4 is 5.69 Å². The molecular formula is C19H16FN3O. The number of halogens is 1. The van der Waals surface area contributed by atoms with E-state index in [0.717, 1.165) is 5.56 Å². The van der Waals surface area contributed by atoms with E-state index < -0.39 is 11.5 Å². The van der Waals surface area contributed by atoms with Crippen LogP contribution in [0.3, 0.4) is 0 Å². The Bertz CT molecular complexity index is 927. The minimum absolute atomic E-state index is 0.0964. The van der Waals surface area contributed by atoms with Crippen molar-refractivity contribution in [1.82, 2.24) is 9.97 Å². The Kier molecular flexibility index (Phi) is 5.58. The molecule has 0 aliphatic rings. The van der Waals surface area contributed by atoms with Crippen molar-refractivity contribution < 1.29 is 4.39 Å². The highest BCUT2D eigenvalue weighted by Crippen LogP contribution is 2.27. The van der Waals surface area contributed by atoms with Crippen LogP contribution in [-0.2, 0) is 0 Å². The van der Waals surface area contributed by atoms with Crippen LogP contribution in [0.1, 0.15) is 13.8 Å². The third-order valence-corrected chi connectivity index (χ3v) is 3.19. The highest BCUT2D eigenvalue weighted by molar-refractivity contribution is 5.70. The third-order valence-electron chi connectivity index (χ3n) is 3.19. The molecule has 1 aromatic heterocycles. The van der Waals surface area contributed by atoms with Crippen LogP contribution in [0.5, 0.6) is 0 Å². The molecule has 4 nitrogen and oxygen atoms in total. The summed E-state index contributed by atoms with van der Waals surface area (Å²) in [6, 6.07) is 15.1. The van der Waals surface area contributed by atoms with Gasteiger partial charge in [0.25, 0.3) is 0 Å². The summed E-state index contributed by atoms with van der Waals surface area (Å²) >= 11 is 0. The molecule has 120 valence electrons. The minimum Gasteiger partial charge on any atom is -0.305 e. The third kappa shape index (κ3) is 3.73. The molecule has 24 heavy (non-hydrogen) atoms. The van der Waals surface area contributed by atoms with Crippen molar-refractivity contribution in [3.05, 3.63) is 82.3 Å². The standard InChI is InChI=1S/C17H10FN3O.C2H6/c1-19-16-9-12(7-8-13(16)18)15-10-14(20-17(22)21-15)11-5-3-2-4-6-11;1-2/h2-10H,(H,20,21,22);1-2H3. The Morgan fingerprint density at radius 2 is 1.75 bits per heavy atom. The fourth-order valence-electron chi connectivity index (χ4n) is 2.14. The van der Waals surface area contributed by atoms with Gasteiger partial charge in [-0.05, 0) is 29.3 Å². The molecule has 0 bridgehead atoms. The lowest BCUT2D eigenvalue weighted by Gasteiger charge is -2.05. The summed E-state index contributed by atoms with van der Waals surface area (Å²) in [6.07, 6.45) is 0. The predicted molar refractivity (Wildman–Crippen MR) is 93.3 cm³/mol. The Hall–Kier alpha value is -3.26. The van der Waals surface area contributed by atoms with Crippen LogP contribution in [0.25, 0.3) is 27.4 Å². The minimum atomic E-state index is -0.591. The largest absolute Gasteiger partial charge is 0.345 e. The van der Waals surface area contributed by atoms with Gasteiger partial charge < -0.3 is 4.98 Å². The van der Waals surface area contributed by atoms with Crippen molar-refractivity contribution in [2.45, 2.75) is 13.8 Å². The molecule has 0 saturated carbocycles. The average molecular weight is 321 g/mol. The van der Waals surface area contributed by atoms with E-state index in [0.29, 0.717) is 17.0 Å². The molecule has 0 aliphatic heterocycles. The van der Waals surface area contributed by atoms with Crippen LogP contribution < -0.4 is 5.69 Å². The molecule has 0 aliphatic carbocycles. The van der Waals surface area contributed by atoms with Crippen LogP contribution in [-0.4, -0.2) is 9.97 Å². The quantitative estimate of drug-likeness (QED) is 0.688. The van der Waals surface area contributed by atoms with Crippen molar-refractivity contribution in [2.75, 3.05) is 0 Å². The number of nitrogens with zero attached hydrogens (tertiary/aromatic N) is 2. The van der Waals surface area contributed by atoms with Gasteiger partial charge in [0.05, 0.1) is 18.0 Å². The van der Waals surface area contributed by atoms with Gasteiger partial charge in [0.15, 0.2) is 0 Å². The van der Waals surface area contributed by atoms with Gasteiger partial charge in [0.1, 0.15) is 5.82 Å². The van der Waals surface area contributed by atoms with E-state index in [1.54, 1.807) is 6.07 Å². The summed E-state index contributed by atoms with van der Waals surface area (Å²) in [6.45, 7) is 11.0. The van der Waals surface area contributed by atoms with Crippen molar-refractivity contribution in [3.8, 4) is 22.5 Å². The van der Waals surface area contributed by atoms with E-state index in [9.17, 15) is 9.18 Å². The maximum absolute atomic E-state index is 13.4. The summed E-state index contributed by atoms with van der Waals surface area (Å²) < 4.78 is 13.4. The Balaban J connectivity index is 0.00000100. The van der Waals surface area contributed by atoms with Crippen LogP contribution in [0.15, 0.2) is 59.4 Å². The summed E-state index contributed by atoms with van der Waals surface area (Å²) in [5, 5.41) is 0. The van der Waals surface area contributed by atoms with Gasteiger partial charge in [-0.1, -0.05) is 50.2 Å². The van der Waals surface area contributed by atoms with E-state index >= 15 is 0 Å². The lowest BCUT2D eigenvalue weighted by atomic mass is 10.1. The zero-order chi connectivity index (χ0) is 17.5. The summed E-state index contributed by atoms with van der Waals surface area (Å²) in [5.41, 5.74) is 1.79. The van der Waals surface area contributed by atoms with Gasteiger partial charge in [0, 0.05) is 0 Å². The van der Waals surface area contributed by atoms with Crippen molar-refractivity contribution in [2.24, 2.45) is 0 Å². The van der Waals surface area contributed by atoms with Gasteiger partial charge >= 0.3 is 5.69 Å². The molecule has 0 fully saturated rings. The van der Waals surface area contributed by atoms with Gasteiger partial charge in [-0.25, -0.2) is 14.0 Å². The first-order valence-electron chi connectivity index (χ1n) is 7.51. The topological polar surface area (TPSA) is 50.1 Å². The maximum Gasteiger partial charge on any atom is 0.345 e. The molecule has 0 unspecified atom stereocenters. The smallest absolute Gasteiger partial charge is 0.305 e. The first kappa shape index (κ1) is 17.1. The number of benzene rings is 2. The number of aromatic amines is 1. The molecule has 0 saturated heterocycles. The Labute approximate surface area is 139 Å². The maximum atomic E-state index is 13.4. The van der Waals surface area contributed by atoms with Crippen molar-refractivity contribution in [3.63, 3.8) is 0 Å². The second-order valence-electron chi connectivity index (χ2n) is 4.63. The molecule has 2 aromatic carbocycles. The number of nitrogens with one attached hydrogen (secondary N) is 1. The van der Waals surface area contributed by atoms with E-state index in [1.165, 1.54) is 18.2 Å². The first-order valence-corrected chi connectivity index (χ1v) is 7.51. The van der Waals surface area contributed by atoms with E-state index in [1.807, 2.05) is 44.2 Å². The number of rotatable bonds is 2. The highest BCUT2D eigenvalue weighted by atomic mass is 19.1. The van der Waals surface area contributed by atoms with Crippen LogP contribution in [0.4, 0.5) is 10.1 Å². The van der Waals surface area contributed by atoms with Crippen molar-refractivity contribution in [1.29, 1.82) is 0 Å². The monoisotopic (exact) mass is 321 g/mol. The molecule has 1 N–H and O–H groups in total. The summed E-state index contributed by atoms with van der Waals surface area (Å²) in [5.74, 6) is -0.591. The fraction of sp³-hybridized carbons (Fsp3) is 0.105. The molecule has 0 spiro atoms. The van der Waals surface area contributed by atoms with E-state index in [-0.39, 0.29) is 5.69 Å². The normalized spacial score (nSPS) is 9.58. The molecule has 0 atom stereocenters. The average Bonchev–Trinajstić information content (AvgIpc) is 2.64. The highest BCUT2D eigenvalue weighted by Gasteiger charge is 2.09. The van der Waals surface area contributed by atoms with Crippen LogP contribution in [0, 0.1) is 12.4 Å². The molecule has 5 heteroatoms. The van der Waals surface area contributed by atoms with Crippen LogP contribution >= 0.6 is 0 Å². The molecule has 0 amide bonds. The first-order chi connectivity index (χ1) is 11.7. The van der Waals surface area contributed by atoms with E-state index in [2.05, 4.69) is 14.8 Å². The number of hydrogen-bond acceptors (Lipinski definition) is 2. The van der Waals surface area contributed by atoms with Crippen LogP contribution in [0.2, 0.25) is 0 Å². The number of hydrogen-bond donors (Lipinski definition) is 1. The lowest BCUT2D eigenvalue weighted by molar-refractivity contribution is 0.634. The second-order valence-corrected chi connectivity index (χ2v) is 4.63. The Morgan fingerprint density at radius 3 is 2.42 bits per heavy atom. The SMILES string of the molecule is CC.[C-]#[N+]c1cc(-c2cc(-c3ccccc3)[nH]c(=O)n2)ccc1F. The van der Waals surface area contributed by atoms with E-state index in [4.69, 9.17) is 6.57 Å². The van der Waals surface area contributed by atoms with Gasteiger partial charge in [-0.15, -0.1) is 0 Å². The van der Waals surface area contributed by atoms with Gasteiger partial charge in [-0.3, -0.25) is 0 Å². The number of H-pyrrole nitrogens is 1. The number of aromatic nitrogens is 2. The molecule has 3 rings (SSSR count). The predicted octanol–water partition coefficient (Wildman–Crippen LogP) is 4.82. The molecule has 3 aromatic rings. The zero-order valence-corrected chi connectivity index (χ0v) is 13.4. The Morgan fingerprint density at radius 1 is 1.04 bits per heavy atom. The van der Waals surface area contributed by atoms with Gasteiger partial charge in [-0.2, -0.15) is 4.98 Å².